The number of nitrogens with two attached hydrogens (primary N) is 3. The van der Waals surface area contributed by atoms with Gasteiger partial charge in [-0.05, 0) is 87.2 Å². The second kappa shape index (κ2) is 10.6. The summed E-state index contributed by atoms with van der Waals surface area (Å²) in [4.78, 5) is 6.30. The second-order valence-corrected chi connectivity index (χ2v) is 6.41. The SMILES string of the molecule is CCN(C)CCc1cc(C)c(OC(=S)/N=C(N)/C(N)=C/C=C\N)cc1C. The number of amidine groups is 1. The van der Waals surface area contributed by atoms with Gasteiger partial charge in [-0.15, -0.1) is 0 Å². The molecule has 142 valence electrons. The highest BCUT2D eigenvalue weighted by Crippen LogP contribution is 2.24. The summed E-state index contributed by atoms with van der Waals surface area (Å²) in [5.41, 5.74) is 20.5. The van der Waals surface area contributed by atoms with E-state index in [-0.39, 0.29) is 16.7 Å². The molecule has 0 radical (unpaired) electrons. The zero-order chi connectivity index (χ0) is 19.7. The van der Waals surface area contributed by atoms with Crippen molar-refractivity contribution in [3.63, 3.8) is 0 Å². The smallest absolute Gasteiger partial charge is 0.290 e. The van der Waals surface area contributed by atoms with Crippen LogP contribution in [-0.4, -0.2) is 36.0 Å². The van der Waals surface area contributed by atoms with Crippen molar-refractivity contribution in [3.8, 4) is 5.75 Å². The second-order valence-electron chi connectivity index (χ2n) is 6.06. The molecule has 0 amide bonds. The van der Waals surface area contributed by atoms with E-state index in [0.29, 0.717) is 5.75 Å². The molecule has 1 aromatic rings. The van der Waals surface area contributed by atoms with Crippen molar-refractivity contribution in [3.05, 3.63) is 52.9 Å². The molecule has 0 fully saturated rings. The molecule has 0 bridgehead atoms. The monoisotopic (exact) mass is 375 g/mol. The van der Waals surface area contributed by atoms with Crippen LogP contribution in [0.15, 0.2) is 41.2 Å². The number of nitrogens with zero attached hydrogens (tertiary/aromatic N) is 2. The summed E-state index contributed by atoms with van der Waals surface area (Å²) >= 11 is 5.16. The first-order valence-corrected chi connectivity index (χ1v) is 8.88. The Bertz CT molecular complexity index is 725. The standard InChI is InChI=1S/C19H29N5OS/c1-5-24(4)10-8-15-11-14(3)17(12-13(15)2)25-19(26)23-18(22)16(21)7-6-9-20/h6-7,9,11-12H,5,8,10,20-21H2,1-4H3,(H2,22,23,26)/b9-6-,16-7-. The van der Waals surface area contributed by atoms with Crippen LogP contribution in [0.2, 0.25) is 0 Å². The molecule has 26 heavy (non-hydrogen) atoms. The molecule has 6 N–H and O–H groups in total. The number of hydrogen-bond acceptors (Lipinski definition) is 5. The number of aryl methyl sites for hydroxylation is 2. The summed E-state index contributed by atoms with van der Waals surface area (Å²) < 4.78 is 5.68. The third-order valence-corrected chi connectivity index (χ3v) is 4.20. The van der Waals surface area contributed by atoms with Gasteiger partial charge in [-0.3, -0.25) is 0 Å². The molecule has 1 rings (SSSR count). The largest absolute Gasteiger partial charge is 0.430 e. The number of likely N-dealkylation sites (N-methyl/N-ethyl adjacent to an activating group) is 1. The molecule has 0 saturated carbocycles. The van der Waals surface area contributed by atoms with Crippen LogP contribution < -0.4 is 21.9 Å². The van der Waals surface area contributed by atoms with Gasteiger partial charge >= 0.3 is 0 Å². The van der Waals surface area contributed by atoms with Gasteiger partial charge in [0.25, 0.3) is 5.17 Å². The van der Waals surface area contributed by atoms with Crippen LogP contribution in [0.1, 0.15) is 23.6 Å². The van der Waals surface area contributed by atoms with E-state index in [0.717, 1.165) is 30.6 Å². The average molecular weight is 376 g/mol. The molecule has 0 unspecified atom stereocenters. The minimum atomic E-state index is 0.0107. The van der Waals surface area contributed by atoms with Crippen molar-refractivity contribution in [2.75, 3.05) is 20.1 Å². The van der Waals surface area contributed by atoms with Crippen molar-refractivity contribution in [1.29, 1.82) is 0 Å². The molecular weight excluding hydrogens is 346 g/mol. The Morgan fingerprint density at radius 2 is 1.96 bits per heavy atom. The number of aliphatic imine (C=N–C) groups is 1. The fourth-order valence-electron chi connectivity index (χ4n) is 2.22. The summed E-state index contributed by atoms with van der Waals surface area (Å²) in [5.74, 6) is 0.753. The molecular formula is C19H29N5OS. The molecule has 0 aromatic heterocycles. The molecule has 0 aliphatic heterocycles. The van der Waals surface area contributed by atoms with Gasteiger partial charge in [-0.2, -0.15) is 4.99 Å². The number of ether oxygens (including phenoxy) is 1. The predicted molar refractivity (Wildman–Crippen MR) is 113 cm³/mol. The third-order valence-electron chi connectivity index (χ3n) is 4.03. The number of thiocarbonyl (C=S) groups is 1. The Hall–Kier alpha value is -2.38. The minimum absolute atomic E-state index is 0.0107. The van der Waals surface area contributed by atoms with E-state index in [4.69, 9.17) is 34.2 Å². The van der Waals surface area contributed by atoms with Crippen LogP contribution in [0.3, 0.4) is 0 Å². The quantitative estimate of drug-likeness (QED) is 0.292. The Labute approximate surface area is 161 Å². The van der Waals surface area contributed by atoms with Crippen LogP contribution >= 0.6 is 12.2 Å². The molecule has 0 saturated heterocycles. The molecule has 1 aromatic carbocycles. The maximum absolute atomic E-state index is 5.80. The van der Waals surface area contributed by atoms with Gasteiger partial charge in [0.2, 0.25) is 0 Å². The highest BCUT2D eigenvalue weighted by Gasteiger charge is 2.09. The third kappa shape index (κ3) is 6.85. The molecule has 0 aliphatic carbocycles. The van der Waals surface area contributed by atoms with Crippen molar-refractivity contribution in [2.45, 2.75) is 27.2 Å². The Kier molecular flexibility index (Phi) is 8.81. The van der Waals surface area contributed by atoms with E-state index in [1.165, 1.54) is 11.8 Å². The summed E-state index contributed by atoms with van der Waals surface area (Å²) in [6.45, 7) is 8.24. The van der Waals surface area contributed by atoms with Gasteiger partial charge in [0, 0.05) is 6.54 Å². The van der Waals surface area contributed by atoms with Crippen LogP contribution in [0.5, 0.6) is 5.75 Å². The van der Waals surface area contributed by atoms with Crippen LogP contribution in [0.4, 0.5) is 0 Å². The van der Waals surface area contributed by atoms with Crippen LogP contribution in [0.25, 0.3) is 0 Å². The van der Waals surface area contributed by atoms with E-state index in [9.17, 15) is 0 Å². The van der Waals surface area contributed by atoms with E-state index in [2.05, 4.69) is 36.9 Å². The predicted octanol–water partition coefficient (Wildman–Crippen LogP) is 2.13. The summed E-state index contributed by atoms with van der Waals surface area (Å²) in [5, 5.41) is 0.0107. The first-order valence-electron chi connectivity index (χ1n) is 8.47. The first-order chi connectivity index (χ1) is 12.3. The number of hydrogen-bond donors (Lipinski definition) is 3. The summed E-state index contributed by atoms with van der Waals surface area (Å²) in [6, 6.07) is 4.11. The van der Waals surface area contributed by atoms with Crippen molar-refractivity contribution in [2.24, 2.45) is 22.2 Å². The lowest BCUT2D eigenvalue weighted by atomic mass is 10.0. The molecule has 0 atom stereocenters. The lowest BCUT2D eigenvalue weighted by molar-refractivity contribution is 0.357. The maximum Gasteiger partial charge on any atom is 0.290 e. The number of allylic oxidation sites excluding steroid dienone is 2. The lowest BCUT2D eigenvalue weighted by Gasteiger charge is -2.16. The van der Waals surface area contributed by atoms with Crippen molar-refractivity contribution in [1.82, 2.24) is 4.90 Å². The summed E-state index contributed by atoms with van der Waals surface area (Å²) in [6.07, 6.45) is 5.44. The van der Waals surface area contributed by atoms with Crippen molar-refractivity contribution >= 4 is 23.2 Å². The molecule has 0 spiro atoms. The topological polar surface area (TPSA) is 103 Å². The average Bonchev–Trinajstić information content (AvgIpc) is 2.60. The normalized spacial score (nSPS) is 12.8. The molecule has 0 aliphatic rings. The summed E-state index contributed by atoms with van der Waals surface area (Å²) in [7, 11) is 2.12. The zero-order valence-electron chi connectivity index (χ0n) is 16.0. The zero-order valence-corrected chi connectivity index (χ0v) is 16.8. The van der Waals surface area contributed by atoms with Gasteiger partial charge in [0.15, 0.2) is 5.84 Å². The van der Waals surface area contributed by atoms with Gasteiger partial charge in [0.1, 0.15) is 5.75 Å². The van der Waals surface area contributed by atoms with Gasteiger partial charge < -0.3 is 26.8 Å². The first kappa shape index (κ1) is 21.7. The van der Waals surface area contributed by atoms with E-state index < -0.39 is 0 Å². The highest BCUT2D eigenvalue weighted by atomic mass is 32.1. The van der Waals surface area contributed by atoms with Gasteiger partial charge in [-0.25, -0.2) is 0 Å². The number of benzene rings is 1. The van der Waals surface area contributed by atoms with E-state index >= 15 is 0 Å². The Morgan fingerprint density at radius 1 is 1.27 bits per heavy atom. The van der Waals surface area contributed by atoms with Gasteiger partial charge in [-0.1, -0.05) is 13.0 Å². The fourth-order valence-corrected chi connectivity index (χ4v) is 2.41. The van der Waals surface area contributed by atoms with E-state index in [1.54, 1.807) is 12.2 Å². The maximum atomic E-state index is 5.80. The lowest BCUT2D eigenvalue weighted by Crippen LogP contribution is -2.23. The van der Waals surface area contributed by atoms with Crippen molar-refractivity contribution < 1.29 is 4.74 Å². The van der Waals surface area contributed by atoms with E-state index in [1.807, 2.05) is 13.0 Å². The molecule has 6 nitrogen and oxygen atoms in total. The molecule has 7 heteroatoms. The molecule has 0 heterocycles. The van der Waals surface area contributed by atoms with Crippen LogP contribution in [0, 0.1) is 13.8 Å². The Balaban J connectivity index is 2.87. The van der Waals surface area contributed by atoms with Gasteiger partial charge in [0.05, 0.1) is 5.70 Å². The number of rotatable bonds is 7. The Morgan fingerprint density at radius 3 is 2.58 bits per heavy atom. The fraction of sp³-hybridized carbons (Fsp3) is 0.368. The highest BCUT2D eigenvalue weighted by molar-refractivity contribution is 7.80. The minimum Gasteiger partial charge on any atom is -0.430 e. The van der Waals surface area contributed by atoms with Crippen LogP contribution in [-0.2, 0) is 6.42 Å².